The highest BCUT2D eigenvalue weighted by molar-refractivity contribution is 5.78. The van der Waals surface area contributed by atoms with Crippen molar-refractivity contribution in [1.29, 1.82) is 0 Å². The van der Waals surface area contributed by atoms with Crippen molar-refractivity contribution in [2.45, 2.75) is 32.7 Å². The van der Waals surface area contributed by atoms with Crippen LogP contribution >= 0.6 is 0 Å². The minimum atomic E-state index is -4.82. The average Bonchev–Trinajstić information content (AvgIpc) is 2.91. The normalized spacial score (nSPS) is 13.2. The van der Waals surface area contributed by atoms with E-state index < -0.39 is 17.7 Å². The second-order valence-corrected chi connectivity index (χ2v) is 5.78. The molecule has 3 rings (SSSR count). The summed E-state index contributed by atoms with van der Waals surface area (Å²) in [5, 5.41) is 7.01. The van der Waals surface area contributed by atoms with Crippen LogP contribution in [0, 0.1) is 6.92 Å². The fourth-order valence-corrected chi connectivity index (χ4v) is 2.61. The van der Waals surface area contributed by atoms with Gasteiger partial charge in [0.2, 0.25) is 0 Å². The van der Waals surface area contributed by atoms with Crippen LogP contribution in [0.3, 0.4) is 0 Å². The van der Waals surface area contributed by atoms with Crippen LogP contribution in [0.2, 0.25) is 0 Å². The summed E-state index contributed by atoms with van der Waals surface area (Å²) >= 11 is 0. The number of fused-ring (bicyclic) bond motifs is 1. The van der Waals surface area contributed by atoms with E-state index in [-0.39, 0.29) is 11.4 Å². The number of nitrogens with zero attached hydrogens (tertiary/aromatic N) is 3. The van der Waals surface area contributed by atoms with E-state index in [1.165, 1.54) is 17.0 Å². The molecule has 1 N–H and O–H groups in total. The molecule has 1 unspecified atom stereocenters. The molecular formula is C16H15F3N4O2. The highest BCUT2D eigenvalue weighted by Crippen LogP contribution is 2.24. The lowest BCUT2D eigenvalue weighted by atomic mass is 10.1. The SMILES string of the molecule is Cc1cc(CC(C)n2cnc3ccc(OC(F)(F)F)cc3c2=O)n[nH]1. The van der Waals surface area contributed by atoms with E-state index in [9.17, 15) is 18.0 Å². The summed E-state index contributed by atoms with van der Waals surface area (Å²) in [7, 11) is 0. The quantitative estimate of drug-likeness (QED) is 0.783. The third kappa shape index (κ3) is 3.81. The van der Waals surface area contributed by atoms with Gasteiger partial charge in [0.1, 0.15) is 5.75 Å². The van der Waals surface area contributed by atoms with Gasteiger partial charge in [-0.25, -0.2) is 4.98 Å². The molecular weight excluding hydrogens is 337 g/mol. The number of aromatic nitrogens is 4. The van der Waals surface area contributed by atoms with Gasteiger partial charge in [0.15, 0.2) is 0 Å². The summed E-state index contributed by atoms with van der Waals surface area (Å²) in [6, 6.07) is 5.11. The molecule has 2 heterocycles. The first kappa shape index (κ1) is 17.0. The van der Waals surface area contributed by atoms with Crippen molar-refractivity contribution < 1.29 is 17.9 Å². The largest absolute Gasteiger partial charge is 0.573 e. The summed E-state index contributed by atoms with van der Waals surface area (Å²) in [6.07, 6.45) is -2.95. The van der Waals surface area contributed by atoms with E-state index in [1.807, 2.05) is 19.9 Å². The first-order valence-electron chi connectivity index (χ1n) is 7.50. The van der Waals surface area contributed by atoms with Crippen molar-refractivity contribution in [3.8, 4) is 5.75 Å². The molecule has 132 valence electrons. The third-order valence-corrected chi connectivity index (χ3v) is 3.73. The van der Waals surface area contributed by atoms with E-state index in [4.69, 9.17) is 0 Å². The fourth-order valence-electron chi connectivity index (χ4n) is 2.61. The lowest BCUT2D eigenvalue weighted by Crippen LogP contribution is -2.25. The van der Waals surface area contributed by atoms with Gasteiger partial charge in [0.05, 0.1) is 22.9 Å². The van der Waals surface area contributed by atoms with Crippen LogP contribution < -0.4 is 10.3 Å². The van der Waals surface area contributed by atoms with Gasteiger partial charge in [0, 0.05) is 18.2 Å². The van der Waals surface area contributed by atoms with Gasteiger partial charge in [0.25, 0.3) is 5.56 Å². The van der Waals surface area contributed by atoms with Crippen molar-refractivity contribution in [1.82, 2.24) is 19.7 Å². The van der Waals surface area contributed by atoms with Crippen LogP contribution in [0.15, 0.2) is 35.4 Å². The van der Waals surface area contributed by atoms with Crippen LogP contribution in [0.5, 0.6) is 5.75 Å². The predicted octanol–water partition coefficient (Wildman–Crippen LogP) is 3.13. The number of aryl methyl sites for hydroxylation is 1. The molecule has 6 nitrogen and oxygen atoms in total. The number of alkyl halides is 3. The maximum Gasteiger partial charge on any atom is 0.573 e. The summed E-state index contributed by atoms with van der Waals surface area (Å²) < 4.78 is 42.3. The lowest BCUT2D eigenvalue weighted by Gasteiger charge is -2.14. The number of ether oxygens (including phenoxy) is 1. The molecule has 0 fully saturated rings. The molecule has 1 aromatic carbocycles. The molecule has 0 saturated carbocycles. The van der Waals surface area contributed by atoms with Crippen molar-refractivity contribution >= 4 is 10.9 Å². The molecule has 0 radical (unpaired) electrons. The van der Waals surface area contributed by atoms with Gasteiger partial charge in [-0.05, 0) is 38.1 Å². The van der Waals surface area contributed by atoms with E-state index in [1.54, 1.807) is 0 Å². The second kappa shape index (κ2) is 6.23. The second-order valence-electron chi connectivity index (χ2n) is 5.78. The van der Waals surface area contributed by atoms with Gasteiger partial charge in [-0.3, -0.25) is 14.5 Å². The zero-order valence-corrected chi connectivity index (χ0v) is 13.5. The maximum absolute atomic E-state index is 12.6. The summed E-state index contributed by atoms with van der Waals surface area (Å²) in [5.41, 5.74) is 1.56. The molecule has 9 heteroatoms. The van der Waals surface area contributed by atoms with Crippen LogP contribution in [0.25, 0.3) is 10.9 Å². The number of aromatic amines is 1. The van der Waals surface area contributed by atoms with Gasteiger partial charge < -0.3 is 4.74 Å². The molecule has 0 amide bonds. The fraction of sp³-hybridized carbons (Fsp3) is 0.312. The topological polar surface area (TPSA) is 72.8 Å². The number of rotatable bonds is 4. The molecule has 0 aliphatic heterocycles. The van der Waals surface area contributed by atoms with Gasteiger partial charge in [-0.15, -0.1) is 13.2 Å². The minimum Gasteiger partial charge on any atom is -0.406 e. The summed E-state index contributed by atoms with van der Waals surface area (Å²) in [6.45, 7) is 3.68. The molecule has 1 atom stereocenters. The number of hydrogen-bond acceptors (Lipinski definition) is 4. The molecule has 0 spiro atoms. The number of hydrogen-bond donors (Lipinski definition) is 1. The Kier molecular flexibility index (Phi) is 4.23. The molecule has 0 aliphatic rings. The Balaban J connectivity index is 1.96. The van der Waals surface area contributed by atoms with Crippen molar-refractivity contribution in [3.63, 3.8) is 0 Å². The first-order valence-corrected chi connectivity index (χ1v) is 7.50. The smallest absolute Gasteiger partial charge is 0.406 e. The van der Waals surface area contributed by atoms with Crippen LogP contribution in [-0.4, -0.2) is 26.1 Å². The zero-order chi connectivity index (χ0) is 18.2. The Morgan fingerprint density at radius 3 is 2.72 bits per heavy atom. The van der Waals surface area contributed by atoms with E-state index in [0.717, 1.165) is 23.5 Å². The minimum absolute atomic E-state index is 0.0642. The van der Waals surface area contributed by atoms with Crippen LogP contribution in [0.1, 0.15) is 24.4 Å². The standard InChI is InChI=1S/C16H15F3N4O2/c1-9-5-11(22-21-9)6-10(2)23-8-20-14-4-3-12(25-16(17,18)19)7-13(14)15(23)24/h3-5,7-8,10H,6H2,1-2H3,(H,21,22). The molecule has 2 aromatic heterocycles. The van der Waals surface area contributed by atoms with Gasteiger partial charge >= 0.3 is 6.36 Å². The van der Waals surface area contributed by atoms with E-state index >= 15 is 0 Å². The summed E-state index contributed by atoms with van der Waals surface area (Å²) in [4.78, 5) is 16.8. The number of benzene rings is 1. The Bertz CT molecular complexity index is 962. The van der Waals surface area contributed by atoms with E-state index in [0.29, 0.717) is 11.9 Å². The van der Waals surface area contributed by atoms with Crippen molar-refractivity contribution in [2.24, 2.45) is 0 Å². The third-order valence-electron chi connectivity index (χ3n) is 3.73. The Labute approximate surface area is 140 Å². The molecule has 3 aromatic rings. The number of nitrogens with one attached hydrogen (secondary N) is 1. The highest BCUT2D eigenvalue weighted by Gasteiger charge is 2.31. The predicted molar refractivity (Wildman–Crippen MR) is 84.4 cm³/mol. The highest BCUT2D eigenvalue weighted by atomic mass is 19.4. The summed E-state index contributed by atoms with van der Waals surface area (Å²) in [5.74, 6) is -0.452. The maximum atomic E-state index is 12.6. The molecule has 0 saturated heterocycles. The van der Waals surface area contributed by atoms with E-state index in [2.05, 4.69) is 19.9 Å². The van der Waals surface area contributed by atoms with Gasteiger partial charge in [-0.1, -0.05) is 0 Å². The molecule has 0 aliphatic carbocycles. The monoisotopic (exact) mass is 352 g/mol. The number of H-pyrrole nitrogens is 1. The van der Waals surface area contributed by atoms with Crippen molar-refractivity contribution in [2.75, 3.05) is 0 Å². The average molecular weight is 352 g/mol. The van der Waals surface area contributed by atoms with Crippen LogP contribution in [0.4, 0.5) is 13.2 Å². The number of halogens is 3. The molecule has 0 bridgehead atoms. The Morgan fingerprint density at radius 2 is 2.08 bits per heavy atom. The Morgan fingerprint density at radius 1 is 1.32 bits per heavy atom. The van der Waals surface area contributed by atoms with Gasteiger partial charge in [-0.2, -0.15) is 5.10 Å². The lowest BCUT2D eigenvalue weighted by molar-refractivity contribution is -0.274. The van der Waals surface area contributed by atoms with Crippen molar-refractivity contribution in [3.05, 3.63) is 52.3 Å². The zero-order valence-electron chi connectivity index (χ0n) is 13.5. The Hall–Kier alpha value is -2.84. The molecule has 25 heavy (non-hydrogen) atoms. The first-order chi connectivity index (χ1) is 11.7. The van der Waals surface area contributed by atoms with Crippen LogP contribution in [-0.2, 0) is 6.42 Å².